The fraction of sp³-hybridized carbons (Fsp3) is 0.571. The van der Waals surface area contributed by atoms with Crippen LogP contribution >= 0.6 is 0 Å². The molecule has 2 aliphatic heterocycles. The molecular formula is C14H17N5O2. The van der Waals surface area contributed by atoms with Crippen LogP contribution < -0.4 is 4.90 Å². The largest absolute Gasteiger partial charge is 0.335 e. The first kappa shape index (κ1) is 13.6. The number of amides is 2. The van der Waals surface area contributed by atoms with Crippen LogP contribution in [0.15, 0.2) is 6.20 Å². The summed E-state index contributed by atoms with van der Waals surface area (Å²) in [5, 5.41) is 13.5. The van der Waals surface area contributed by atoms with Crippen LogP contribution in [0.2, 0.25) is 0 Å². The molecule has 0 aromatic carbocycles. The first-order valence-electron chi connectivity index (χ1n) is 6.95. The van der Waals surface area contributed by atoms with E-state index >= 15 is 0 Å². The van der Waals surface area contributed by atoms with Gasteiger partial charge in [-0.3, -0.25) is 14.3 Å². The molecule has 0 bridgehead atoms. The van der Waals surface area contributed by atoms with Gasteiger partial charge in [0.1, 0.15) is 0 Å². The molecule has 7 heteroatoms. The number of nitrogens with zero attached hydrogens (tertiary/aromatic N) is 5. The molecular weight excluding hydrogens is 270 g/mol. The summed E-state index contributed by atoms with van der Waals surface area (Å²) >= 11 is 0. The lowest BCUT2D eigenvalue weighted by Gasteiger charge is -2.32. The highest BCUT2D eigenvalue weighted by molar-refractivity contribution is 5.97. The predicted octanol–water partition coefficient (Wildman–Crippen LogP) is 0.510. The minimum atomic E-state index is -0.655. The molecule has 2 amide bonds. The van der Waals surface area contributed by atoms with Gasteiger partial charge in [-0.2, -0.15) is 10.4 Å². The Morgan fingerprint density at radius 1 is 1.57 bits per heavy atom. The lowest BCUT2D eigenvalue weighted by molar-refractivity contribution is -0.121. The predicted molar refractivity (Wildman–Crippen MR) is 74.0 cm³/mol. The smallest absolute Gasteiger partial charge is 0.228 e. The van der Waals surface area contributed by atoms with Crippen molar-refractivity contribution in [2.45, 2.75) is 39.4 Å². The standard InChI is InChI=1S/C14H17N5O2/c1-10-5-19-12(6-17(10)9-20)11(4-16-19)18-8-14(2,7-15)3-13(18)21/h4,9-10H,3,5-6,8H2,1-2H3/t10-,14?/m0/s1. The second-order valence-corrected chi connectivity index (χ2v) is 6.11. The third-order valence-electron chi connectivity index (χ3n) is 4.31. The molecule has 2 aliphatic rings. The Balaban J connectivity index is 1.94. The van der Waals surface area contributed by atoms with Crippen LogP contribution in [-0.2, 0) is 22.7 Å². The van der Waals surface area contributed by atoms with Crippen molar-refractivity contribution in [2.75, 3.05) is 11.4 Å². The monoisotopic (exact) mass is 287 g/mol. The van der Waals surface area contributed by atoms with Gasteiger partial charge in [-0.15, -0.1) is 0 Å². The van der Waals surface area contributed by atoms with E-state index in [9.17, 15) is 14.9 Å². The third-order valence-corrected chi connectivity index (χ3v) is 4.31. The number of carbonyl (C=O) groups is 2. The van der Waals surface area contributed by atoms with E-state index in [0.29, 0.717) is 19.6 Å². The Kier molecular flexibility index (Phi) is 2.97. The number of anilines is 1. The van der Waals surface area contributed by atoms with E-state index in [-0.39, 0.29) is 18.4 Å². The molecule has 1 saturated heterocycles. The quantitative estimate of drug-likeness (QED) is 0.742. The molecule has 110 valence electrons. The van der Waals surface area contributed by atoms with Gasteiger partial charge < -0.3 is 9.80 Å². The highest BCUT2D eigenvalue weighted by Crippen LogP contribution is 2.36. The minimum Gasteiger partial charge on any atom is -0.335 e. The highest BCUT2D eigenvalue weighted by atomic mass is 16.2. The third kappa shape index (κ3) is 2.07. The molecule has 21 heavy (non-hydrogen) atoms. The van der Waals surface area contributed by atoms with Crippen molar-refractivity contribution in [3.8, 4) is 6.07 Å². The molecule has 3 heterocycles. The molecule has 3 rings (SSSR count). The maximum Gasteiger partial charge on any atom is 0.228 e. The fourth-order valence-electron chi connectivity index (χ4n) is 2.99. The zero-order valence-corrected chi connectivity index (χ0v) is 12.1. The molecule has 1 aromatic rings. The van der Waals surface area contributed by atoms with Crippen molar-refractivity contribution in [1.82, 2.24) is 14.7 Å². The van der Waals surface area contributed by atoms with Gasteiger partial charge in [0.15, 0.2) is 0 Å². The van der Waals surface area contributed by atoms with Gasteiger partial charge >= 0.3 is 0 Å². The topological polar surface area (TPSA) is 82.2 Å². The summed E-state index contributed by atoms with van der Waals surface area (Å²) in [6.07, 6.45) is 2.72. The molecule has 0 N–H and O–H groups in total. The average Bonchev–Trinajstić information content (AvgIpc) is 2.98. The van der Waals surface area contributed by atoms with Crippen LogP contribution in [0, 0.1) is 16.7 Å². The normalized spacial score (nSPS) is 28.4. The van der Waals surface area contributed by atoms with Gasteiger partial charge in [0.2, 0.25) is 12.3 Å². The number of nitriles is 1. The average molecular weight is 287 g/mol. The van der Waals surface area contributed by atoms with Crippen LogP contribution in [0.4, 0.5) is 5.69 Å². The zero-order valence-electron chi connectivity index (χ0n) is 12.1. The van der Waals surface area contributed by atoms with Gasteiger partial charge in [-0.1, -0.05) is 0 Å². The van der Waals surface area contributed by atoms with Crippen molar-refractivity contribution in [2.24, 2.45) is 5.41 Å². The zero-order chi connectivity index (χ0) is 15.2. The molecule has 0 saturated carbocycles. The van der Waals surface area contributed by atoms with E-state index in [2.05, 4.69) is 11.2 Å². The van der Waals surface area contributed by atoms with Crippen LogP contribution in [-0.4, -0.2) is 39.6 Å². The van der Waals surface area contributed by atoms with Crippen molar-refractivity contribution in [3.05, 3.63) is 11.9 Å². The SMILES string of the molecule is C[C@H]1Cn2ncc(N3CC(C)(C#N)CC3=O)c2CN1C=O. The van der Waals surface area contributed by atoms with Gasteiger partial charge in [0.25, 0.3) is 0 Å². The second kappa shape index (κ2) is 4.58. The Hall–Kier alpha value is -2.36. The minimum absolute atomic E-state index is 0.0638. The maximum atomic E-state index is 12.2. The Labute approximate surface area is 122 Å². The van der Waals surface area contributed by atoms with E-state index < -0.39 is 5.41 Å². The number of fused-ring (bicyclic) bond motifs is 1. The lowest BCUT2D eigenvalue weighted by Crippen LogP contribution is -2.41. The number of hydrogen-bond acceptors (Lipinski definition) is 4. The number of rotatable bonds is 2. The highest BCUT2D eigenvalue weighted by Gasteiger charge is 2.42. The lowest BCUT2D eigenvalue weighted by atomic mass is 9.92. The number of aromatic nitrogens is 2. The Morgan fingerprint density at radius 3 is 2.95 bits per heavy atom. The fourth-order valence-corrected chi connectivity index (χ4v) is 2.99. The van der Waals surface area contributed by atoms with E-state index in [4.69, 9.17) is 0 Å². The van der Waals surface area contributed by atoms with Crippen LogP contribution in [0.3, 0.4) is 0 Å². The molecule has 0 radical (unpaired) electrons. The van der Waals surface area contributed by atoms with E-state index in [0.717, 1.165) is 17.8 Å². The van der Waals surface area contributed by atoms with Crippen molar-refractivity contribution in [3.63, 3.8) is 0 Å². The molecule has 7 nitrogen and oxygen atoms in total. The number of carbonyl (C=O) groups excluding carboxylic acids is 2. The van der Waals surface area contributed by atoms with Crippen molar-refractivity contribution in [1.29, 1.82) is 5.26 Å². The summed E-state index contributed by atoms with van der Waals surface area (Å²) in [5.74, 6) is -0.0638. The van der Waals surface area contributed by atoms with Crippen LogP contribution in [0.1, 0.15) is 26.0 Å². The molecule has 0 aliphatic carbocycles. The van der Waals surface area contributed by atoms with Gasteiger partial charge in [-0.25, -0.2) is 0 Å². The van der Waals surface area contributed by atoms with E-state index in [1.807, 2.05) is 11.6 Å². The Bertz CT molecular complexity index is 646. The van der Waals surface area contributed by atoms with Gasteiger partial charge in [0.05, 0.1) is 42.2 Å². The van der Waals surface area contributed by atoms with E-state index in [1.165, 1.54) is 0 Å². The second-order valence-electron chi connectivity index (χ2n) is 6.11. The van der Waals surface area contributed by atoms with Crippen LogP contribution in [0.25, 0.3) is 0 Å². The van der Waals surface area contributed by atoms with Gasteiger partial charge in [0, 0.05) is 19.0 Å². The molecule has 1 aromatic heterocycles. The molecule has 1 unspecified atom stereocenters. The van der Waals surface area contributed by atoms with Crippen molar-refractivity contribution < 1.29 is 9.59 Å². The van der Waals surface area contributed by atoms with Crippen LogP contribution in [0.5, 0.6) is 0 Å². The first-order chi connectivity index (χ1) is 9.97. The summed E-state index contributed by atoms with van der Waals surface area (Å²) in [5.41, 5.74) is 0.923. The first-order valence-corrected chi connectivity index (χ1v) is 6.95. The summed E-state index contributed by atoms with van der Waals surface area (Å²) in [7, 11) is 0. The van der Waals surface area contributed by atoms with E-state index in [1.54, 1.807) is 22.9 Å². The molecule has 1 fully saturated rings. The molecule has 0 spiro atoms. The molecule has 2 atom stereocenters. The van der Waals surface area contributed by atoms with Gasteiger partial charge in [-0.05, 0) is 13.8 Å². The number of hydrogen-bond donors (Lipinski definition) is 0. The maximum absolute atomic E-state index is 12.2. The summed E-state index contributed by atoms with van der Waals surface area (Å²) in [6.45, 7) is 5.18. The Morgan fingerprint density at radius 2 is 2.33 bits per heavy atom. The summed E-state index contributed by atoms with van der Waals surface area (Å²) < 4.78 is 1.84. The summed E-state index contributed by atoms with van der Waals surface area (Å²) in [6, 6.07) is 2.30. The van der Waals surface area contributed by atoms with Crippen molar-refractivity contribution >= 4 is 18.0 Å². The summed E-state index contributed by atoms with van der Waals surface area (Å²) in [4.78, 5) is 26.6.